The minimum atomic E-state index is 0.144. The lowest BCUT2D eigenvalue weighted by Crippen LogP contribution is -2.58. The Hall–Kier alpha value is -4.24. The zero-order valence-corrected chi connectivity index (χ0v) is 20.3. The molecule has 2 aliphatic rings. The molecule has 0 fully saturated rings. The minimum absolute atomic E-state index is 0.144. The highest BCUT2D eigenvalue weighted by molar-refractivity contribution is 6.99. The van der Waals surface area contributed by atoms with E-state index in [-0.39, 0.29) is 6.71 Å². The fraction of sp³-hybridized carbons (Fsp3) is 0.0909. The lowest BCUT2D eigenvalue weighted by molar-refractivity contribution is 0.486. The first-order chi connectivity index (χ1) is 17.7. The van der Waals surface area contributed by atoms with E-state index in [2.05, 4.69) is 122 Å². The van der Waals surface area contributed by atoms with Crippen LogP contribution >= 0.6 is 0 Å². The third-order valence-corrected chi connectivity index (χ3v) is 8.03. The normalized spacial score (nSPS) is 13.1. The van der Waals surface area contributed by atoms with Crippen molar-refractivity contribution in [3.8, 4) is 28.3 Å². The molecular formula is C33H24BNO. The van der Waals surface area contributed by atoms with Crippen molar-refractivity contribution in [3.05, 3.63) is 109 Å². The minimum Gasteiger partial charge on any atom is -0.458 e. The maximum absolute atomic E-state index is 6.76. The second-order valence-corrected chi connectivity index (χ2v) is 10.4. The van der Waals surface area contributed by atoms with Gasteiger partial charge in [0, 0.05) is 22.0 Å². The van der Waals surface area contributed by atoms with Gasteiger partial charge in [-0.15, -0.1) is 0 Å². The topological polar surface area (TPSA) is 14.2 Å². The van der Waals surface area contributed by atoms with Crippen LogP contribution in [0.5, 0.6) is 11.5 Å². The van der Waals surface area contributed by atoms with Gasteiger partial charge in [0.25, 0.3) is 6.71 Å². The van der Waals surface area contributed by atoms with E-state index < -0.39 is 0 Å². The summed E-state index contributed by atoms with van der Waals surface area (Å²) >= 11 is 0. The number of rotatable bonds is 2. The van der Waals surface area contributed by atoms with Crippen molar-refractivity contribution in [2.75, 3.05) is 0 Å². The van der Waals surface area contributed by atoms with Crippen LogP contribution in [0.3, 0.4) is 0 Å². The predicted octanol–water partition coefficient (Wildman–Crippen LogP) is 6.51. The molecule has 3 heteroatoms. The molecule has 2 nitrogen and oxygen atoms in total. The fourth-order valence-electron chi connectivity index (χ4n) is 6.32. The van der Waals surface area contributed by atoms with Gasteiger partial charge in [-0.3, -0.25) is 0 Å². The van der Waals surface area contributed by atoms with E-state index in [1.807, 2.05) is 0 Å². The van der Waals surface area contributed by atoms with Gasteiger partial charge < -0.3 is 9.30 Å². The molecule has 0 bridgehead atoms. The Labute approximate surface area is 210 Å². The van der Waals surface area contributed by atoms with Gasteiger partial charge in [-0.05, 0) is 63.3 Å². The third-order valence-electron chi connectivity index (χ3n) is 8.03. The Morgan fingerprint density at radius 2 is 1.47 bits per heavy atom. The maximum atomic E-state index is 6.76. The van der Waals surface area contributed by atoms with Gasteiger partial charge in [-0.25, -0.2) is 0 Å². The fourth-order valence-corrected chi connectivity index (χ4v) is 6.32. The molecule has 0 radical (unpaired) electrons. The standard InChI is InChI=1S/C33H24BNO/c1-20(2)23-17-29-32-31(19-23)36-30-18-22(21-9-4-3-5-10-21)15-16-26(30)34(32)27-13-8-12-25-24-11-6-7-14-28(24)35(29)33(25)27/h3-20H,1-2H3. The van der Waals surface area contributed by atoms with Gasteiger partial charge in [0.1, 0.15) is 11.5 Å². The van der Waals surface area contributed by atoms with E-state index in [1.165, 1.54) is 60.6 Å². The average Bonchev–Trinajstić information content (AvgIpc) is 3.26. The van der Waals surface area contributed by atoms with Gasteiger partial charge in [-0.1, -0.05) is 92.7 Å². The highest BCUT2D eigenvalue weighted by Crippen LogP contribution is 2.39. The number of fused-ring (bicyclic) bond motifs is 7. The molecular weight excluding hydrogens is 437 g/mol. The Morgan fingerprint density at radius 3 is 2.33 bits per heavy atom. The van der Waals surface area contributed by atoms with Crippen LogP contribution in [-0.2, 0) is 0 Å². The number of aromatic nitrogens is 1. The molecule has 0 atom stereocenters. The van der Waals surface area contributed by atoms with E-state index in [1.54, 1.807) is 0 Å². The van der Waals surface area contributed by atoms with Crippen LogP contribution in [0.4, 0.5) is 0 Å². The first-order valence-electron chi connectivity index (χ1n) is 12.8. The van der Waals surface area contributed by atoms with Gasteiger partial charge in [0.15, 0.2) is 0 Å². The van der Waals surface area contributed by atoms with Gasteiger partial charge in [0.2, 0.25) is 0 Å². The van der Waals surface area contributed by atoms with Crippen LogP contribution in [0, 0.1) is 0 Å². The molecule has 0 aliphatic carbocycles. The quantitative estimate of drug-likeness (QED) is 0.268. The van der Waals surface area contributed by atoms with Crippen molar-refractivity contribution in [2.45, 2.75) is 19.8 Å². The number of nitrogens with zero attached hydrogens (tertiary/aromatic N) is 1. The smallest absolute Gasteiger partial charge is 0.256 e. The maximum Gasteiger partial charge on any atom is 0.256 e. The third kappa shape index (κ3) is 2.58. The number of para-hydroxylation sites is 2. The Morgan fingerprint density at radius 1 is 0.667 bits per heavy atom. The predicted molar refractivity (Wildman–Crippen MR) is 151 cm³/mol. The summed E-state index contributed by atoms with van der Waals surface area (Å²) in [4.78, 5) is 0. The molecule has 8 rings (SSSR count). The summed E-state index contributed by atoms with van der Waals surface area (Å²) in [6, 6.07) is 37.6. The monoisotopic (exact) mass is 461 g/mol. The first kappa shape index (κ1) is 20.0. The summed E-state index contributed by atoms with van der Waals surface area (Å²) < 4.78 is 9.24. The van der Waals surface area contributed by atoms with Crippen LogP contribution in [-0.4, -0.2) is 11.3 Å². The number of hydrogen-bond donors (Lipinski definition) is 0. The van der Waals surface area contributed by atoms with Crippen LogP contribution in [0.1, 0.15) is 25.3 Å². The summed E-state index contributed by atoms with van der Waals surface area (Å²) in [7, 11) is 0. The van der Waals surface area contributed by atoms with Crippen molar-refractivity contribution in [1.82, 2.24) is 4.57 Å². The lowest BCUT2D eigenvalue weighted by Gasteiger charge is -2.34. The molecule has 6 aromatic rings. The molecule has 0 unspecified atom stereocenters. The Balaban J connectivity index is 1.49. The summed E-state index contributed by atoms with van der Waals surface area (Å²) in [6.45, 7) is 4.66. The molecule has 3 heterocycles. The van der Waals surface area contributed by atoms with Crippen molar-refractivity contribution < 1.29 is 4.74 Å². The second-order valence-electron chi connectivity index (χ2n) is 10.4. The summed E-state index contributed by atoms with van der Waals surface area (Å²) in [6.07, 6.45) is 0. The molecule has 0 saturated carbocycles. The molecule has 2 aliphatic heterocycles. The molecule has 36 heavy (non-hydrogen) atoms. The highest BCUT2D eigenvalue weighted by Gasteiger charge is 2.40. The summed E-state index contributed by atoms with van der Waals surface area (Å²) in [5.74, 6) is 2.35. The largest absolute Gasteiger partial charge is 0.458 e. The number of ether oxygens (including phenoxy) is 1. The molecule has 0 N–H and O–H groups in total. The van der Waals surface area contributed by atoms with E-state index in [0.29, 0.717) is 5.92 Å². The van der Waals surface area contributed by atoms with Crippen LogP contribution in [0.15, 0.2) is 103 Å². The molecule has 1 aromatic heterocycles. The van der Waals surface area contributed by atoms with Gasteiger partial charge >= 0.3 is 0 Å². The second kappa shape index (κ2) is 7.14. The van der Waals surface area contributed by atoms with Gasteiger partial charge in [0.05, 0.1) is 5.52 Å². The molecule has 5 aromatic carbocycles. The van der Waals surface area contributed by atoms with Gasteiger partial charge in [-0.2, -0.15) is 0 Å². The lowest BCUT2D eigenvalue weighted by atomic mass is 9.34. The van der Waals surface area contributed by atoms with E-state index in [0.717, 1.165) is 11.5 Å². The SMILES string of the molecule is CC(C)c1cc2c3c(c1)-n1c4ccccc4c4cccc(c41)B3c1ccc(-c3ccccc3)cc1O2. The van der Waals surface area contributed by atoms with Crippen LogP contribution in [0.25, 0.3) is 38.6 Å². The van der Waals surface area contributed by atoms with Crippen molar-refractivity contribution in [1.29, 1.82) is 0 Å². The molecule has 0 spiro atoms. The zero-order valence-electron chi connectivity index (χ0n) is 20.3. The summed E-state index contributed by atoms with van der Waals surface area (Å²) in [5.41, 5.74) is 11.4. The first-order valence-corrected chi connectivity index (χ1v) is 12.8. The van der Waals surface area contributed by atoms with E-state index in [4.69, 9.17) is 4.74 Å². The van der Waals surface area contributed by atoms with Crippen molar-refractivity contribution >= 4 is 44.9 Å². The molecule has 0 amide bonds. The Bertz CT molecular complexity index is 1850. The Kier molecular flexibility index (Phi) is 3.97. The zero-order chi connectivity index (χ0) is 24.0. The average molecular weight is 461 g/mol. The highest BCUT2D eigenvalue weighted by atomic mass is 16.5. The van der Waals surface area contributed by atoms with Crippen LogP contribution in [0.2, 0.25) is 0 Å². The van der Waals surface area contributed by atoms with E-state index >= 15 is 0 Å². The molecule has 0 saturated heterocycles. The molecule has 170 valence electrons. The number of benzene rings is 5. The summed E-state index contributed by atoms with van der Waals surface area (Å²) in [5, 5.41) is 2.62. The van der Waals surface area contributed by atoms with Crippen molar-refractivity contribution in [2.24, 2.45) is 0 Å². The van der Waals surface area contributed by atoms with Crippen molar-refractivity contribution in [3.63, 3.8) is 0 Å². The van der Waals surface area contributed by atoms with E-state index in [9.17, 15) is 0 Å². The number of hydrogen-bond acceptors (Lipinski definition) is 1. The van der Waals surface area contributed by atoms with Crippen LogP contribution < -0.4 is 21.1 Å².